The molecule has 2 aromatic carbocycles. The fraction of sp³-hybridized carbons (Fsp3) is 0.273. The summed E-state index contributed by atoms with van der Waals surface area (Å²) >= 11 is 0. The van der Waals surface area contributed by atoms with Crippen molar-refractivity contribution in [1.29, 1.82) is 0 Å². The predicted molar refractivity (Wildman–Crippen MR) is 107 cm³/mol. The van der Waals surface area contributed by atoms with Crippen LogP contribution in [0.4, 0.5) is 5.69 Å². The molecule has 3 aromatic rings. The number of hydrogen-bond acceptors (Lipinski definition) is 4. The molecule has 28 heavy (non-hydrogen) atoms. The van der Waals surface area contributed by atoms with Crippen molar-refractivity contribution >= 4 is 28.5 Å². The first-order chi connectivity index (χ1) is 13.6. The summed E-state index contributed by atoms with van der Waals surface area (Å²) in [4.78, 5) is 27.4. The number of nitrogens with one attached hydrogen (secondary N) is 1. The fourth-order valence-corrected chi connectivity index (χ4v) is 3.43. The highest BCUT2D eigenvalue weighted by molar-refractivity contribution is 6.09. The summed E-state index contributed by atoms with van der Waals surface area (Å²) in [5, 5.41) is 3.75. The Labute approximate surface area is 163 Å². The van der Waals surface area contributed by atoms with Crippen LogP contribution in [0.15, 0.2) is 52.9 Å². The summed E-state index contributed by atoms with van der Waals surface area (Å²) in [5.74, 6) is 0.284. The fourth-order valence-electron chi connectivity index (χ4n) is 3.43. The van der Waals surface area contributed by atoms with Crippen molar-refractivity contribution in [2.24, 2.45) is 0 Å². The molecule has 2 heterocycles. The number of rotatable bonds is 4. The van der Waals surface area contributed by atoms with E-state index >= 15 is 0 Å². The second-order valence-corrected chi connectivity index (χ2v) is 6.83. The number of amides is 2. The molecule has 0 spiro atoms. The van der Waals surface area contributed by atoms with Gasteiger partial charge < -0.3 is 14.5 Å². The number of aryl methyl sites for hydroxylation is 1. The third-order valence-corrected chi connectivity index (χ3v) is 4.90. The van der Waals surface area contributed by atoms with Gasteiger partial charge >= 0.3 is 0 Å². The van der Waals surface area contributed by atoms with Gasteiger partial charge in [0.05, 0.1) is 12.2 Å². The monoisotopic (exact) mass is 378 g/mol. The second-order valence-electron chi connectivity index (χ2n) is 6.83. The van der Waals surface area contributed by atoms with Gasteiger partial charge in [-0.15, -0.1) is 0 Å². The van der Waals surface area contributed by atoms with Crippen molar-refractivity contribution in [2.45, 2.75) is 26.4 Å². The number of benzene rings is 2. The molecular weight excluding hydrogens is 356 g/mol. The third-order valence-electron chi connectivity index (χ3n) is 4.90. The lowest BCUT2D eigenvalue weighted by Gasteiger charge is -2.33. The molecular formula is C22H22N2O4. The normalized spacial score (nSPS) is 15.8. The molecule has 144 valence electrons. The van der Waals surface area contributed by atoms with Crippen LogP contribution >= 0.6 is 0 Å². The maximum Gasteiger partial charge on any atom is 0.294 e. The van der Waals surface area contributed by atoms with Gasteiger partial charge in [0.1, 0.15) is 11.3 Å². The van der Waals surface area contributed by atoms with Gasteiger partial charge in [0.15, 0.2) is 11.9 Å². The lowest BCUT2D eigenvalue weighted by atomic mass is 10.1. The Balaban J connectivity index is 1.71. The van der Waals surface area contributed by atoms with Crippen molar-refractivity contribution < 1.29 is 18.7 Å². The first-order valence-corrected chi connectivity index (χ1v) is 9.43. The van der Waals surface area contributed by atoms with Crippen molar-refractivity contribution in [3.63, 3.8) is 0 Å². The van der Waals surface area contributed by atoms with Crippen molar-refractivity contribution in [3.8, 4) is 5.75 Å². The minimum Gasteiger partial charge on any atom is -0.477 e. The molecule has 0 unspecified atom stereocenters. The van der Waals surface area contributed by atoms with Gasteiger partial charge in [-0.25, -0.2) is 0 Å². The van der Waals surface area contributed by atoms with Gasteiger partial charge in [0.25, 0.3) is 11.8 Å². The van der Waals surface area contributed by atoms with Crippen LogP contribution in [0.2, 0.25) is 0 Å². The summed E-state index contributed by atoms with van der Waals surface area (Å²) < 4.78 is 11.7. The quantitative estimate of drug-likeness (QED) is 0.752. The van der Waals surface area contributed by atoms with Crippen LogP contribution in [0, 0.1) is 6.92 Å². The summed E-state index contributed by atoms with van der Waals surface area (Å²) in [6.45, 7) is 4.55. The van der Waals surface area contributed by atoms with E-state index in [2.05, 4.69) is 5.32 Å². The number of fused-ring (bicyclic) bond motifs is 2. The first-order valence-electron chi connectivity index (χ1n) is 9.43. The van der Waals surface area contributed by atoms with Gasteiger partial charge in [0, 0.05) is 17.5 Å². The van der Waals surface area contributed by atoms with E-state index in [-0.39, 0.29) is 24.1 Å². The molecule has 0 aliphatic carbocycles. The Bertz CT molecular complexity index is 1040. The maximum atomic E-state index is 13.4. The highest BCUT2D eigenvalue weighted by Gasteiger charge is 2.35. The zero-order valence-electron chi connectivity index (χ0n) is 15.9. The van der Waals surface area contributed by atoms with Gasteiger partial charge in [-0.2, -0.15) is 0 Å². The summed E-state index contributed by atoms with van der Waals surface area (Å²) in [6.07, 6.45) is 0.0608. The van der Waals surface area contributed by atoms with E-state index in [9.17, 15) is 9.59 Å². The van der Waals surface area contributed by atoms with E-state index < -0.39 is 6.10 Å². The molecule has 0 bridgehead atoms. The van der Waals surface area contributed by atoms with Crippen molar-refractivity contribution in [2.75, 3.05) is 18.0 Å². The number of para-hydroxylation sites is 3. The molecule has 2 amide bonds. The number of carbonyl (C=O) groups excluding carboxylic acids is 2. The van der Waals surface area contributed by atoms with E-state index in [1.807, 2.05) is 56.3 Å². The molecule has 1 N–H and O–H groups in total. The van der Waals surface area contributed by atoms with E-state index in [0.717, 1.165) is 17.4 Å². The SMILES string of the molecule is CCCNC(=O)[C@H]1CN(C(=O)c2oc3ccccc3c2C)c2ccccc2O1. The van der Waals surface area contributed by atoms with Gasteiger partial charge in [0.2, 0.25) is 0 Å². The number of furan rings is 1. The number of anilines is 1. The Morgan fingerprint density at radius 2 is 1.89 bits per heavy atom. The molecule has 1 aliphatic heterocycles. The molecule has 6 nitrogen and oxygen atoms in total. The molecule has 0 saturated carbocycles. The zero-order valence-corrected chi connectivity index (χ0v) is 15.9. The van der Waals surface area contributed by atoms with Gasteiger partial charge in [-0.1, -0.05) is 37.3 Å². The van der Waals surface area contributed by atoms with E-state index in [4.69, 9.17) is 9.15 Å². The largest absolute Gasteiger partial charge is 0.477 e. The molecule has 1 atom stereocenters. The summed E-state index contributed by atoms with van der Waals surface area (Å²) in [6, 6.07) is 14.8. The third kappa shape index (κ3) is 3.11. The molecule has 6 heteroatoms. The standard InChI is InChI=1S/C22H22N2O4/c1-3-12-23-21(25)19-13-24(16-9-5-7-11-18(16)27-19)22(26)20-14(2)15-8-4-6-10-17(15)28-20/h4-11,19H,3,12-13H2,1-2H3,(H,23,25)/t19-/m1/s1. The highest BCUT2D eigenvalue weighted by atomic mass is 16.5. The minimum atomic E-state index is -0.768. The van der Waals surface area contributed by atoms with Crippen LogP contribution in [-0.4, -0.2) is 31.0 Å². The van der Waals surface area contributed by atoms with Crippen LogP contribution < -0.4 is 15.0 Å². The van der Waals surface area contributed by atoms with Crippen molar-refractivity contribution in [1.82, 2.24) is 5.32 Å². The second kappa shape index (κ2) is 7.38. The maximum absolute atomic E-state index is 13.4. The number of ether oxygens (including phenoxy) is 1. The molecule has 0 fully saturated rings. The van der Waals surface area contributed by atoms with E-state index in [1.54, 1.807) is 11.0 Å². The van der Waals surface area contributed by atoms with Gasteiger partial charge in [-0.3, -0.25) is 14.5 Å². The zero-order chi connectivity index (χ0) is 19.7. The molecule has 0 radical (unpaired) electrons. The molecule has 4 rings (SSSR count). The minimum absolute atomic E-state index is 0.127. The average Bonchev–Trinajstić information content (AvgIpc) is 3.07. The topological polar surface area (TPSA) is 71.8 Å². The Morgan fingerprint density at radius 3 is 2.68 bits per heavy atom. The smallest absolute Gasteiger partial charge is 0.294 e. The Kier molecular flexibility index (Phi) is 4.77. The number of carbonyl (C=O) groups is 2. The van der Waals surface area contributed by atoms with E-state index in [0.29, 0.717) is 23.6 Å². The van der Waals surface area contributed by atoms with Crippen molar-refractivity contribution in [3.05, 3.63) is 59.9 Å². The molecule has 0 saturated heterocycles. The molecule has 1 aromatic heterocycles. The Hall–Kier alpha value is -3.28. The number of hydrogen-bond donors (Lipinski definition) is 1. The van der Waals surface area contributed by atoms with Crippen LogP contribution in [-0.2, 0) is 4.79 Å². The summed E-state index contributed by atoms with van der Waals surface area (Å²) in [7, 11) is 0. The lowest BCUT2D eigenvalue weighted by molar-refractivity contribution is -0.127. The highest BCUT2D eigenvalue weighted by Crippen LogP contribution is 2.35. The van der Waals surface area contributed by atoms with Crippen LogP contribution in [0.1, 0.15) is 29.5 Å². The predicted octanol–water partition coefficient (Wildman–Crippen LogP) is 3.68. The van der Waals surface area contributed by atoms with Crippen LogP contribution in [0.3, 0.4) is 0 Å². The van der Waals surface area contributed by atoms with Gasteiger partial charge in [-0.05, 0) is 31.5 Å². The Morgan fingerprint density at radius 1 is 1.14 bits per heavy atom. The molecule has 1 aliphatic rings. The average molecular weight is 378 g/mol. The van der Waals surface area contributed by atoms with E-state index in [1.165, 1.54) is 0 Å². The van der Waals surface area contributed by atoms with Crippen LogP contribution in [0.25, 0.3) is 11.0 Å². The lowest BCUT2D eigenvalue weighted by Crippen LogP contribution is -2.50. The number of nitrogens with zero attached hydrogens (tertiary/aromatic N) is 1. The first kappa shape index (κ1) is 18.1. The van der Waals surface area contributed by atoms with Crippen LogP contribution in [0.5, 0.6) is 5.75 Å². The summed E-state index contributed by atoms with van der Waals surface area (Å²) in [5.41, 5.74) is 2.09.